The highest BCUT2D eigenvalue weighted by atomic mass is 16.5. The second-order valence-electron chi connectivity index (χ2n) is 16.8. The molecule has 316 valence electrons. The van der Waals surface area contributed by atoms with Crippen LogP contribution in [0.25, 0.3) is 10.9 Å². The second-order valence-corrected chi connectivity index (χ2v) is 16.8. The van der Waals surface area contributed by atoms with E-state index in [-0.39, 0.29) is 36.8 Å². The van der Waals surface area contributed by atoms with Crippen molar-refractivity contribution in [1.82, 2.24) is 35.4 Å². The van der Waals surface area contributed by atoms with Gasteiger partial charge >= 0.3 is 0 Å². The van der Waals surface area contributed by atoms with Gasteiger partial charge in [0.15, 0.2) is 0 Å². The zero-order valence-corrected chi connectivity index (χ0v) is 34.0. The van der Waals surface area contributed by atoms with Crippen LogP contribution in [0.2, 0.25) is 0 Å². The Morgan fingerprint density at radius 2 is 1.66 bits per heavy atom. The number of nitrogens with one attached hydrogen (secondary N) is 2. The summed E-state index contributed by atoms with van der Waals surface area (Å²) >= 11 is 0. The number of nitriles is 1. The molecule has 4 aromatic rings. The molecule has 5 aliphatic rings. The minimum absolute atomic E-state index is 0.0164. The SMILES string of the molecule is N#Cc1ccc(OC2CCC(NC(=O)c3cnc(N4CCC(CCN5CCN(c6ccc7c(c6)C(=O)N(C6CCC(=O)NC6O)C7=O)CC5)CC4)cn3)CC2)c2cccnc12. The van der Waals surface area contributed by atoms with E-state index in [1.54, 1.807) is 36.8 Å². The fourth-order valence-corrected chi connectivity index (χ4v) is 9.54. The minimum Gasteiger partial charge on any atom is -0.490 e. The van der Waals surface area contributed by atoms with Gasteiger partial charge < -0.3 is 30.3 Å². The van der Waals surface area contributed by atoms with E-state index in [9.17, 15) is 29.5 Å². The van der Waals surface area contributed by atoms with E-state index in [4.69, 9.17) is 4.74 Å². The molecule has 3 N–H and O–H groups in total. The number of carbonyl (C=O) groups is 4. The summed E-state index contributed by atoms with van der Waals surface area (Å²) in [7, 11) is 0. The number of benzene rings is 2. The van der Waals surface area contributed by atoms with E-state index >= 15 is 0 Å². The molecule has 2 aromatic carbocycles. The van der Waals surface area contributed by atoms with Crippen LogP contribution in [0.1, 0.15) is 94.6 Å². The van der Waals surface area contributed by atoms with Gasteiger partial charge in [-0.1, -0.05) is 0 Å². The molecule has 1 aliphatic carbocycles. The quantitative estimate of drug-likeness (QED) is 0.196. The number of rotatable bonds is 10. The number of anilines is 2. The van der Waals surface area contributed by atoms with E-state index in [1.807, 2.05) is 24.3 Å². The van der Waals surface area contributed by atoms with Gasteiger partial charge in [-0.15, -0.1) is 0 Å². The number of ether oxygens (including phenoxy) is 1. The lowest BCUT2D eigenvalue weighted by Gasteiger charge is -2.38. The van der Waals surface area contributed by atoms with E-state index in [2.05, 4.69) is 46.4 Å². The molecular weight excluding hydrogens is 777 g/mol. The largest absolute Gasteiger partial charge is 0.490 e. The molecule has 0 spiro atoms. The van der Waals surface area contributed by atoms with Crippen LogP contribution < -0.4 is 25.2 Å². The topological polar surface area (TPSA) is 197 Å². The number of piperazine rings is 1. The van der Waals surface area contributed by atoms with Gasteiger partial charge in [-0.3, -0.25) is 34.0 Å². The number of carbonyl (C=O) groups excluding carboxylic acids is 4. The monoisotopic (exact) mass is 826 g/mol. The Balaban J connectivity index is 0.684. The summed E-state index contributed by atoms with van der Waals surface area (Å²) in [6.45, 7) is 6.25. The first-order chi connectivity index (χ1) is 29.7. The average molecular weight is 827 g/mol. The number of pyridine rings is 1. The van der Waals surface area contributed by atoms with Crippen LogP contribution in [-0.2, 0) is 4.79 Å². The number of amides is 4. The van der Waals surface area contributed by atoms with Gasteiger partial charge in [0.05, 0.1) is 46.7 Å². The molecule has 2 aromatic heterocycles. The molecule has 3 saturated heterocycles. The van der Waals surface area contributed by atoms with Crippen LogP contribution in [0.4, 0.5) is 11.5 Å². The fraction of sp³-hybridized carbons (Fsp3) is 0.467. The summed E-state index contributed by atoms with van der Waals surface area (Å²) in [6.07, 6.45) is 10.5. The lowest BCUT2D eigenvalue weighted by atomic mass is 9.92. The summed E-state index contributed by atoms with van der Waals surface area (Å²) in [5.74, 6) is 0.769. The number of aliphatic hydroxyl groups excluding tert-OH is 1. The van der Waals surface area contributed by atoms with Gasteiger partial charge in [0.2, 0.25) is 5.91 Å². The van der Waals surface area contributed by atoms with E-state index in [0.29, 0.717) is 33.8 Å². The van der Waals surface area contributed by atoms with Crippen LogP contribution >= 0.6 is 0 Å². The molecule has 61 heavy (non-hydrogen) atoms. The van der Waals surface area contributed by atoms with Crippen molar-refractivity contribution < 1.29 is 29.0 Å². The molecule has 4 fully saturated rings. The second kappa shape index (κ2) is 17.4. The van der Waals surface area contributed by atoms with E-state index < -0.39 is 24.1 Å². The molecule has 9 rings (SSSR count). The molecule has 2 atom stereocenters. The molecule has 4 amide bonds. The Morgan fingerprint density at radius 3 is 2.39 bits per heavy atom. The molecule has 16 heteroatoms. The summed E-state index contributed by atoms with van der Waals surface area (Å²) in [5, 5.41) is 26.2. The number of fused-ring (bicyclic) bond motifs is 2. The van der Waals surface area contributed by atoms with Gasteiger partial charge in [-0.25, -0.2) is 9.97 Å². The Hall–Kier alpha value is -6.18. The normalized spacial score (nSPS) is 23.7. The zero-order valence-electron chi connectivity index (χ0n) is 34.0. The van der Waals surface area contributed by atoms with Crippen LogP contribution in [0.3, 0.4) is 0 Å². The van der Waals surface area contributed by atoms with Crippen molar-refractivity contribution in [2.24, 2.45) is 5.92 Å². The lowest BCUT2D eigenvalue weighted by molar-refractivity contribution is -0.129. The standard InChI is InChI=1S/C45H50N10O6/c46-25-29-3-11-38(34-2-1-16-47-41(29)34)61-32-7-4-30(5-8-32)50-42(57)36-26-49-39(27-48-36)54-18-14-28(15-19-54)13-17-52-20-22-53(23-21-52)31-6-9-33-35(24-31)45(60)55(44(33)59)37-10-12-40(56)51-43(37)58/h1-3,6,9,11,16,24,26-28,30,32,37,43,58H,4-5,7-8,10,12-15,17-23H2,(H,50,57)(H,51,56). The average Bonchev–Trinajstić information content (AvgIpc) is 3.54. The summed E-state index contributed by atoms with van der Waals surface area (Å²) < 4.78 is 6.36. The molecule has 2 unspecified atom stereocenters. The van der Waals surface area contributed by atoms with Gasteiger partial charge in [0.1, 0.15) is 29.6 Å². The van der Waals surface area contributed by atoms with Crippen molar-refractivity contribution in [3.8, 4) is 11.8 Å². The summed E-state index contributed by atoms with van der Waals surface area (Å²) in [4.78, 5) is 72.9. The minimum atomic E-state index is -1.27. The first kappa shape index (κ1) is 40.2. The van der Waals surface area contributed by atoms with Gasteiger partial charge in [0.25, 0.3) is 17.7 Å². The molecule has 6 heterocycles. The summed E-state index contributed by atoms with van der Waals surface area (Å²) in [5.41, 5.74) is 3.06. The predicted octanol–water partition coefficient (Wildman–Crippen LogP) is 3.64. The van der Waals surface area contributed by atoms with Crippen LogP contribution in [0.15, 0.2) is 61.1 Å². The number of hydrogen-bond donors (Lipinski definition) is 3. The van der Waals surface area contributed by atoms with Crippen molar-refractivity contribution in [2.45, 2.75) is 82.2 Å². The molecule has 1 saturated carbocycles. The number of nitrogens with zero attached hydrogens (tertiary/aromatic N) is 8. The van der Waals surface area contributed by atoms with Crippen LogP contribution in [0, 0.1) is 17.2 Å². The van der Waals surface area contributed by atoms with Crippen molar-refractivity contribution >= 4 is 46.0 Å². The molecule has 4 aliphatic heterocycles. The fourth-order valence-electron chi connectivity index (χ4n) is 9.54. The van der Waals surface area contributed by atoms with Gasteiger partial charge in [-0.2, -0.15) is 5.26 Å². The molecule has 0 bridgehead atoms. The number of piperidine rings is 2. The van der Waals surface area contributed by atoms with Gasteiger partial charge in [-0.05, 0) is 106 Å². The third kappa shape index (κ3) is 8.44. The smallest absolute Gasteiger partial charge is 0.271 e. The van der Waals surface area contributed by atoms with Crippen molar-refractivity contribution in [3.05, 3.63) is 83.4 Å². The Labute approximate surface area is 353 Å². The van der Waals surface area contributed by atoms with Crippen molar-refractivity contribution in [1.29, 1.82) is 5.26 Å². The van der Waals surface area contributed by atoms with E-state index in [0.717, 1.165) is 118 Å². The third-order valence-electron chi connectivity index (χ3n) is 13.1. The number of hydrogen-bond acceptors (Lipinski definition) is 13. The molecule has 16 nitrogen and oxygen atoms in total. The Kier molecular flexibility index (Phi) is 11.5. The highest BCUT2D eigenvalue weighted by Gasteiger charge is 2.44. The molecular formula is C45H50N10O6. The van der Waals surface area contributed by atoms with Crippen molar-refractivity contribution in [3.63, 3.8) is 0 Å². The number of aliphatic hydroxyl groups is 1. The Bertz CT molecular complexity index is 2350. The number of imide groups is 1. The maximum absolute atomic E-state index is 13.4. The zero-order chi connectivity index (χ0) is 42.0. The predicted molar refractivity (Wildman–Crippen MR) is 225 cm³/mol. The van der Waals surface area contributed by atoms with Gasteiger partial charge in [0, 0.05) is 69.0 Å². The maximum Gasteiger partial charge on any atom is 0.271 e. The first-order valence-corrected chi connectivity index (χ1v) is 21.5. The Morgan fingerprint density at radius 1 is 0.869 bits per heavy atom. The molecule has 0 radical (unpaired) electrons. The van der Waals surface area contributed by atoms with Crippen LogP contribution in [-0.4, -0.2) is 124 Å². The summed E-state index contributed by atoms with van der Waals surface area (Å²) in [6, 6.07) is 14.2. The highest BCUT2D eigenvalue weighted by molar-refractivity contribution is 6.22. The third-order valence-corrected chi connectivity index (χ3v) is 13.1. The maximum atomic E-state index is 13.4. The first-order valence-electron chi connectivity index (χ1n) is 21.5. The van der Waals surface area contributed by atoms with Crippen molar-refractivity contribution in [2.75, 3.05) is 55.6 Å². The lowest BCUT2D eigenvalue weighted by Crippen LogP contribution is -2.57. The highest BCUT2D eigenvalue weighted by Crippen LogP contribution is 2.33. The number of aromatic nitrogens is 3. The van der Waals surface area contributed by atoms with Crippen LogP contribution in [0.5, 0.6) is 5.75 Å². The van der Waals surface area contributed by atoms with E-state index in [1.165, 1.54) is 0 Å².